The first-order chi connectivity index (χ1) is 13.6. The molecule has 5 rings (SSSR count). The van der Waals surface area contributed by atoms with Gasteiger partial charge in [-0.3, -0.25) is 9.78 Å². The number of benzene rings is 1. The van der Waals surface area contributed by atoms with Crippen molar-refractivity contribution in [2.75, 3.05) is 43.1 Å². The van der Waals surface area contributed by atoms with E-state index >= 15 is 0 Å². The molecule has 3 aromatic rings. The summed E-state index contributed by atoms with van der Waals surface area (Å²) < 4.78 is 6.37. The van der Waals surface area contributed by atoms with E-state index in [0.717, 1.165) is 65.8 Å². The first kappa shape index (κ1) is 17.8. The number of thiazole rings is 1. The molecule has 0 spiro atoms. The van der Waals surface area contributed by atoms with Gasteiger partial charge in [0.1, 0.15) is 11.3 Å². The summed E-state index contributed by atoms with van der Waals surface area (Å²) in [6.07, 6.45) is 2.26. The zero-order valence-corrected chi connectivity index (χ0v) is 17.0. The molecule has 2 aliphatic rings. The molecule has 1 saturated heterocycles. The third-order valence-electron chi connectivity index (χ3n) is 5.26. The van der Waals surface area contributed by atoms with Crippen molar-refractivity contribution in [3.05, 3.63) is 39.3 Å². The van der Waals surface area contributed by atoms with Gasteiger partial charge in [-0.25, -0.2) is 9.97 Å². The number of anilines is 2. The van der Waals surface area contributed by atoms with Crippen LogP contribution >= 0.6 is 22.9 Å². The number of nitrogens with zero attached hydrogens (tertiary/aromatic N) is 4. The number of H-pyrrole nitrogens is 1. The van der Waals surface area contributed by atoms with Crippen LogP contribution in [-0.2, 0) is 0 Å². The van der Waals surface area contributed by atoms with Crippen molar-refractivity contribution >= 4 is 44.2 Å². The van der Waals surface area contributed by atoms with Crippen molar-refractivity contribution in [1.29, 1.82) is 0 Å². The van der Waals surface area contributed by atoms with Gasteiger partial charge in [-0.15, -0.1) is 0 Å². The van der Waals surface area contributed by atoms with Crippen molar-refractivity contribution in [1.82, 2.24) is 15.0 Å². The van der Waals surface area contributed by atoms with E-state index in [2.05, 4.69) is 14.8 Å². The molecule has 7 nitrogen and oxygen atoms in total. The van der Waals surface area contributed by atoms with E-state index in [0.29, 0.717) is 16.9 Å². The topological polar surface area (TPSA) is 74.3 Å². The third kappa shape index (κ3) is 3.20. The van der Waals surface area contributed by atoms with Crippen LogP contribution in [0.4, 0.5) is 11.1 Å². The van der Waals surface area contributed by atoms with E-state index in [-0.39, 0.29) is 5.56 Å². The lowest BCUT2D eigenvalue weighted by Crippen LogP contribution is -2.47. The molecule has 0 radical (unpaired) electrons. The highest BCUT2D eigenvalue weighted by molar-refractivity contribution is 7.22. The van der Waals surface area contributed by atoms with Gasteiger partial charge in [-0.1, -0.05) is 22.9 Å². The number of ether oxygens (including phenoxy) is 1. The van der Waals surface area contributed by atoms with Crippen molar-refractivity contribution in [3.63, 3.8) is 0 Å². The molecule has 3 heterocycles. The Morgan fingerprint density at radius 1 is 1.18 bits per heavy atom. The molecule has 2 aromatic heterocycles. The summed E-state index contributed by atoms with van der Waals surface area (Å²) in [5.41, 5.74) is 1.66. The van der Waals surface area contributed by atoms with Gasteiger partial charge in [0, 0.05) is 38.2 Å². The number of hydrogen-bond acceptors (Lipinski definition) is 7. The number of piperazine rings is 1. The number of aromatic nitrogens is 3. The molecule has 9 heteroatoms. The molecule has 1 saturated carbocycles. The standard InChI is InChI=1S/C19H20ClN5O2S/c1-27-14-5-4-12(20)17-16(14)23-19(28-17)25-8-6-24(7-9-25)18-21-13(11-2-3-11)10-15(26)22-18/h4-5,10-11H,2-3,6-9H2,1H3,(H,21,22,26). The number of hydrogen-bond donors (Lipinski definition) is 1. The minimum atomic E-state index is -0.0674. The van der Waals surface area contributed by atoms with Crippen molar-refractivity contribution in [2.24, 2.45) is 0 Å². The van der Waals surface area contributed by atoms with Crippen LogP contribution in [0, 0.1) is 0 Å². The summed E-state index contributed by atoms with van der Waals surface area (Å²) in [6, 6.07) is 5.33. The van der Waals surface area contributed by atoms with Crippen LogP contribution < -0.4 is 20.1 Å². The first-order valence-corrected chi connectivity index (χ1v) is 10.6. The van der Waals surface area contributed by atoms with E-state index in [1.165, 1.54) is 0 Å². The number of halogens is 1. The Bertz CT molecular complexity index is 1090. The normalized spacial score (nSPS) is 17.4. The summed E-state index contributed by atoms with van der Waals surface area (Å²) in [4.78, 5) is 28.7. The van der Waals surface area contributed by atoms with Crippen LogP contribution in [0.2, 0.25) is 5.02 Å². The van der Waals surface area contributed by atoms with Crippen molar-refractivity contribution in [3.8, 4) is 5.75 Å². The molecule has 0 unspecified atom stereocenters. The fraction of sp³-hybridized carbons (Fsp3) is 0.421. The van der Waals surface area contributed by atoms with Crippen LogP contribution in [0.1, 0.15) is 24.5 Å². The number of aromatic amines is 1. The highest BCUT2D eigenvalue weighted by atomic mass is 35.5. The average molecular weight is 418 g/mol. The van der Waals surface area contributed by atoms with Crippen LogP contribution in [0.25, 0.3) is 10.2 Å². The van der Waals surface area contributed by atoms with Crippen LogP contribution in [0.5, 0.6) is 5.75 Å². The zero-order valence-electron chi connectivity index (χ0n) is 15.4. The fourth-order valence-electron chi connectivity index (χ4n) is 3.55. The zero-order chi connectivity index (χ0) is 19.3. The summed E-state index contributed by atoms with van der Waals surface area (Å²) in [5, 5.41) is 1.63. The van der Waals surface area contributed by atoms with E-state index in [9.17, 15) is 4.79 Å². The lowest BCUT2D eigenvalue weighted by molar-refractivity contribution is 0.419. The van der Waals surface area contributed by atoms with Gasteiger partial charge in [0.25, 0.3) is 5.56 Å². The summed E-state index contributed by atoms with van der Waals surface area (Å²) >= 11 is 7.93. The van der Waals surface area contributed by atoms with E-state index < -0.39 is 0 Å². The molecular weight excluding hydrogens is 398 g/mol. The number of rotatable bonds is 4. The summed E-state index contributed by atoms with van der Waals surface area (Å²) in [6.45, 7) is 3.16. The lowest BCUT2D eigenvalue weighted by atomic mass is 10.3. The summed E-state index contributed by atoms with van der Waals surface area (Å²) in [5.74, 6) is 1.88. The Hall–Kier alpha value is -2.32. The molecule has 1 N–H and O–H groups in total. The van der Waals surface area contributed by atoms with Crippen LogP contribution in [-0.4, -0.2) is 48.2 Å². The highest BCUT2D eigenvalue weighted by Gasteiger charge is 2.28. The number of fused-ring (bicyclic) bond motifs is 1. The van der Waals surface area contributed by atoms with E-state index in [1.54, 1.807) is 24.5 Å². The average Bonchev–Trinajstić information content (AvgIpc) is 3.46. The summed E-state index contributed by atoms with van der Waals surface area (Å²) in [7, 11) is 1.64. The molecule has 1 aliphatic carbocycles. The quantitative estimate of drug-likeness (QED) is 0.702. The van der Waals surface area contributed by atoms with Gasteiger partial charge in [0.15, 0.2) is 5.13 Å². The lowest BCUT2D eigenvalue weighted by Gasteiger charge is -2.34. The molecular formula is C19H20ClN5O2S. The number of nitrogens with one attached hydrogen (secondary N) is 1. The molecule has 0 amide bonds. The predicted octanol–water partition coefficient (Wildman–Crippen LogP) is 3.25. The molecule has 2 fully saturated rings. The highest BCUT2D eigenvalue weighted by Crippen LogP contribution is 2.40. The van der Waals surface area contributed by atoms with Gasteiger partial charge in [-0.05, 0) is 25.0 Å². The number of methoxy groups -OCH3 is 1. The second kappa shape index (κ2) is 6.93. The molecule has 0 bridgehead atoms. The van der Waals surface area contributed by atoms with Crippen LogP contribution in [0.3, 0.4) is 0 Å². The van der Waals surface area contributed by atoms with Crippen molar-refractivity contribution < 1.29 is 4.74 Å². The molecule has 1 aliphatic heterocycles. The van der Waals surface area contributed by atoms with Gasteiger partial charge in [0.2, 0.25) is 5.95 Å². The Labute approximate surface area is 170 Å². The molecule has 0 atom stereocenters. The third-order valence-corrected chi connectivity index (χ3v) is 6.84. The Kier molecular flexibility index (Phi) is 4.40. The maximum Gasteiger partial charge on any atom is 0.252 e. The molecule has 28 heavy (non-hydrogen) atoms. The first-order valence-electron chi connectivity index (χ1n) is 9.36. The maximum absolute atomic E-state index is 12.0. The minimum absolute atomic E-state index is 0.0674. The van der Waals surface area contributed by atoms with Gasteiger partial charge in [0.05, 0.1) is 22.5 Å². The van der Waals surface area contributed by atoms with E-state index in [1.807, 2.05) is 12.1 Å². The Balaban J connectivity index is 1.36. The Morgan fingerprint density at radius 3 is 2.64 bits per heavy atom. The van der Waals surface area contributed by atoms with Gasteiger partial charge < -0.3 is 14.5 Å². The minimum Gasteiger partial charge on any atom is -0.494 e. The van der Waals surface area contributed by atoms with Crippen LogP contribution in [0.15, 0.2) is 23.0 Å². The molecule has 146 valence electrons. The largest absolute Gasteiger partial charge is 0.494 e. The second-order valence-electron chi connectivity index (χ2n) is 7.17. The second-order valence-corrected chi connectivity index (χ2v) is 8.55. The predicted molar refractivity (Wildman–Crippen MR) is 112 cm³/mol. The monoisotopic (exact) mass is 417 g/mol. The Morgan fingerprint density at radius 2 is 1.93 bits per heavy atom. The van der Waals surface area contributed by atoms with E-state index in [4.69, 9.17) is 26.3 Å². The van der Waals surface area contributed by atoms with Gasteiger partial charge >= 0.3 is 0 Å². The van der Waals surface area contributed by atoms with Crippen molar-refractivity contribution in [2.45, 2.75) is 18.8 Å². The maximum atomic E-state index is 12.0. The van der Waals surface area contributed by atoms with Gasteiger partial charge in [-0.2, -0.15) is 0 Å². The molecule has 1 aromatic carbocycles. The SMILES string of the molecule is COc1ccc(Cl)c2sc(N3CCN(c4nc(C5CC5)cc(=O)[nH]4)CC3)nc12. The smallest absolute Gasteiger partial charge is 0.252 e. The fourth-order valence-corrected chi connectivity index (χ4v) is 4.86.